The highest BCUT2D eigenvalue weighted by Gasteiger charge is 2.20. The van der Waals surface area contributed by atoms with Crippen LogP contribution in [0.1, 0.15) is 37.6 Å². The zero-order valence-corrected chi connectivity index (χ0v) is 10.4. The van der Waals surface area contributed by atoms with E-state index in [1.165, 1.54) is 12.3 Å². The zero-order chi connectivity index (χ0) is 12.3. The third-order valence-electron chi connectivity index (χ3n) is 2.46. The monoisotopic (exact) mass is 241 g/mol. The Hall–Kier alpha value is -1.29. The lowest BCUT2D eigenvalue weighted by molar-refractivity contribution is 0.0911. The summed E-state index contributed by atoms with van der Waals surface area (Å²) < 4.78 is 0. The molecule has 1 amide bonds. The number of nitrogens with zero attached hydrogens (tertiary/aromatic N) is 1. The van der Waals surface area contributed by atoms with Crippen LogP contribution < -0.4 is 11.1 Å². The first-order valence-corrected chi connectivity index (χ1v) is 5.47. The largest absolute Gasteiger partial charge is 0.384 e. The van der Waals surface area contributed by atoms with Crippen LogP contribution in [-0.2, 0) is 0 Å². The third kappa shape index (κ3) is 3.10. The predicted octanol–water partition coefficient (Wildman–Crippen LogP) is 2.24. The van der Waals surface area contributed by atoms with Crippen LogP contribution in [0.2, 0.25) is 5.02 Å². The minimum atomic E-state index is -0.265. The Bertz CT molecular complexity index is 404. The number of anilines is 1. The summed E-state index contributed by atoms with van der Waals surface area (Å²) in [7, 11) is 0. The summed E-state index contributed by atoms with van der Waals surface area (Å²) in [5, 5.41) is 3.19. The molecule has 0 aliphatic heterocycles. The van der Waals surface area contributed by atoms with Gasteiger partial charge < -0.3 is 11.1 Å². The summed E-state index contributed by atoms with van der Waals surface area (Å²) in [4.78, 5) is 15.7. The number of hydrogen-bond donors (Lipinski definition) is 2. The van der Waals surface area contributed by atoms with Crippen molar-refractivity contribution in [2.45, 2.75) is 32.7 Å². The lowest BCUT2D eigenvalue weighted by Gasteiger charge is -2.24. The normalized spacial score (nSPS) is 11.2. The molecule has 0 aromatic carbocycles. The lowest BCUT2D eigenvalue weighted by Crippen LogP contribution is -2.42. The van der Waals surface area contributed by atoms with Gasteiger partial charge in [0, 0.05) is 11.7 Å². The highest BCUT2D eigenvalue weighted by Crippen LogP contribution is 2.18. The topological polar surface area (TPSA) is 68.0 Å². The molecule has 1 heterocycles. The molecule has 3 N–H and O–H groups in total. The molecule has 0 aliphatic carbocycles. The molecule has 1 aromatic rings. The maximum absolute atomic E-state index is 11.9. The second kappa shape index (κ2) is 4.70. The van der Waals surface area contributed by atoms with Gasteiger partial charge in [-0.3, -0.25) is 4.79 Å². The van der Waals surface area contributed by atoms with E-state index < -0.39 is 0 Å². The Morgan fingerprint density at radius 1 is 1.62 bits per heavy atom. The number of pyridine rings is 1. The van der Waals surface area contributed by atoms with Gasteiger partial charge in [0.1, 0.15) is 5.82 Å². The van der Waals surface area contributed by atoms with Gasteiger partial charge in [-0.1, -0.05) is 18.5 Å². The predicted molar refractivity (Wildman–Crippen MR) is 65.5 cm³/mol. The van der Waals surface area contributed by atoms with Gasteiger partial charge in [-0.15, -0.1) is 0 Å². The van der Waals surface area contributed by atoms with E-state index in [1.54, 1.807) is 0 Å². The number of carbonyl (C=O) groups is 1. The molecular formula is C11H16ClN3O. The Morgan fingerprint density at radius 2 is 2.25 bits per heavy atom. The van der Waals surface area contributed by atoms with Crippen molar-refractivity contribution < 1.29 is 4.79 Å². The SMILES string of the molecule is CCC(C)(C)NC(=O)c1cc(N)ncc1Cl. The van der Waals surface area contributed by atoms with E-state index in [4.69, 9.17) is 17.3 Å². The summed E-state index contributed by atoms with van der Waals surface area (Å²) in [6, 6.07) is 1.48. The summed E-state index contributed by atoms with van der Waals surface area (Å²) in [6.07, 6.45) is 2.21. The van der Waals surface area contributed by atoms with Crippen molar-refractivity contribution in [1.29, 1.82) is 0 Å². The Balaban J connectivity index is 2.93. The summed E-state index contributed by atoms with van der Waals surface area (Å²) >= 11 is 5.88. The number of aromatic nitrogens is 1. The van der Waals surface area contributed by atoms with Crippen LogP contribution in [0.25, 0.3) is 0 Å². The maximum atomic E-state index is 11.9. The number of nitrogens with two attached hydrogens (primary N) is 1. The Labute approximate surface area is 100 Å². The van der Waals surface area contributed by atoms with Crippen molar-refractivity contribution in [2.75, 3.05) is 5.73 Å². The number of nitrogen functional groups attached to an aromatic ring is 1. The number of hydrogen-bond acceptors (Lipinski definition) is 3. The fraction of sp³-hybridized carbons (Fsp3) is 0.455. The number of nitrogens with one attached hydrogen (secondary N) is 1. The molecule has 0 saturated carbocycles. The van der Waals surface area contributed by atoms with E-state index in [1.807, 2.05) is 20.8 Å². The van der Waals surface area contributed by atoms with Crippen molar-refractivity contribution in [3.05, 3.63) is 22.8 Å². The van der Waals surface area contributed by atoms with Gasteiger partial charge >= 0.3 is 0 Å². The molecule has 5 heteroatoms. The van der Waals surface area contributed by atoms with E-state index in [-0.39, 0.29) is 17.3 Å². The molecule has 0 fully saturated rings. The summed E-state index contributed by atoms with van der Waals surface area (Å²) in [5.74, 6) is 0.0507. The van der Waals surface area contributed by atoms with Crippen LogP contribution in [0, 0.1) is 0 Å². The molecule has 16 heavy (non-hydrogen) atoms. The van der Waals surface area contributed by atoms with Crippen molar-refractivity contribution in [3.63, 3.8) is 0 Å². The number of halogens is 1. The van der Waals surface area contributed by atoms with E-state index in [9.17, 15) is 4.79 Å². The van der Waals surface area contributed by atoms with E-state index >= 15 is 0 Å². The van der Waals surface area contributed by atoms with E-state index in [2.05, 4.69) is 10.3 Å². The number of carbonyl (C=O) groups excluding carboxylic acids is 1. The molecule has 0 unspecified atom stereocenters. The van der Waals surface area contributed by atoms with Crippen LogP contribution >= 0.6 is 11.6 Å². The first-order chi connectivity index (χ1) is 7.35. The van der Waals surface area contributed by atoms with Crippen LogP contribution in [0.4, 0.5) is 5.82 Å². The number of amides is 1. The third-order valence-corrected chi connectivity index (χ3v) is 2.76. The fourth-order valence-corrected chi connectivity index (χ4v) is 1.28. The molecule has 0 atom stereocenters. The van der Waals surface area contributed by atoms with Gasteiger partial charge in [-0.05, 0) is 26.3 Å². The van der Waals surface area contributed by atoms with Crippen molar-refractivity contribution in [2.24, 2.45) is 0 Å². The average Bonchev–Trinajstić information content (AvgIpc) is 2.21. The molecule has 0 bridgehead atoms. The number of rotatable bonds is 3. The van der Waals surface area contributed by atoms with Gasteiger partial charge in [0.15, 0.2) is 0 Å². The summed E-state index contributed by atoms with van der Waals surface area (Å²) in [5.41, 5.74) is 5.60. The molecule has 0 radical (unpaired) electrons. The molecule has 0 spiro atoms. The second-order valence-electron chi connectivity index (χ2n) is 4.28. The van der Waals surface area contributed by atoms with Gasteiger partial charge in [0.2, 0.25) is 0 Å². The van der Waals surface area contributed by atoms with Crippen molar-refractivity contribution in [1.82, 2.24) is 10.3 Å². The van der Waals surface area contributed by atoms with Crippen molar-refractivity contribution >= 4 is 23.3 Å². The Kier molecular flexibility index (Phi) is 3.75. The van der Waals surface area contributed by atoms with Crippen molar-refractivity contribution in [3.8, 4) is 0 Å². The van der Waals surface area contributed by atoms with E-state index in [0.717, 1.165) is 6.42 Å². The maximum Gasteiger partial charge on any atom is 0.253 e. The summed E-state index contributed by atoms with van der Waals surface area (Å²) in [6.45, 7) is 5.90. The highest BCUT2D eigenvalue weighted by atomic mass is 35.5. The Morgan fingerprint density at radius 3 is 2.81 bits per heavy atom. The fourth-order valence-electron chi connectivity index (χ4n) is 1.09. The van der Waals surface area contributed by atoms with Crippen LogP contribution in [0.3, 0.4) is 0 Å². The quantitative estimate of drug-likeness (QED) is 0.853. The smallest absolute Gasteiger partial charge is 0.253 e. The molecule has 88 valence electrons. The van der Waals surface area contributed by atoms with Crippen LogP contribution in [0.15, 0.2) is 12.3 Å². The molecule has 0 aliphatic rings. The van der Waals surface area contributed by atoms with E-state index in [0.29, 0.717) is 10.6 Å². The van der Waals surface area contributed by atoms with Crippen LogP contribution in [-0.4, -0.2) is 16.4 Å². The highest BCUT2D eigenvalue weighted by molar-refractivity contribution is 6.33. The van der Waals surface area contributed by atoms with Gasteiger partial charge in [0.25, 0.3) is 5.91 Å². The van der Waals surface area contributed by atoms with Gasteiger partial charge in [-0.2, -0.15) is 0 Å². The minimum Gasteiger partial charge on any atom is -0.384 e. The molecular weight excluding hydrogens is 226 g/mol. The first kappa shape index (κ1) is 12.8. The van der Waals surface area contributed by atoms with Gasteiger partial charge in [-0.25, -0.2) is 4.98 Å². The molecule has 4 nitrogen and oxygen atoms in total. The van der Waals surface area contributed by atoms with Crippen LogP contribution in [0.5, 0.6) is 0 Å². The lowest BCUT2D eigenvalue weighted by atomic mass is 10.0. The average molecular weight is 242 g/mol. The standard InChI is InChI=1S/C11H16ClN3O/c1-4-11(2,3)15-10(16)7-5-9(13)14-6-8(7)12/h5-6H,4H2,1-3H3,(H2,13,14)(H,15,16). The first-order valence-electron chi connectivity index (χ1n) is 5.09. The zero-order valence-electron chi connectivity index (χ0n) is 9.67. The molecule has 0 saturated heterocycles. The molecule has 1 rings (SSSR count). The van der Waals surface area contributed by atoms with Gasteiger partial charge in [0.05, 0.1) is 10.6 Å². The molecule has 1 aromatic heterocycles. The second-order valence-corrected chi connectivity index (χ2v) is 4.69. The minimum absolute atomic E-state index is 0.231.